The van der Waals surface area contributed by atoms with Gasteiger partial charge in [-0.3, -0.25) is 9.69 Å². The first-order valence-electron chi connectivity index (χ1n) is 7.15. The molecule has 1 heterocycles. The van der Waals surface area contributed by atoms with Gasteiger partial charge in [-0.05, 0) is 32.0 Å². The van der Waals surface area contributed by atoms with E-state index in [2.05, 4.69) is 5.32 Å². The van der Waals surface area contributed by atoms with Crippen molar-refractivity contribution in [2.24, 2.45) is 5.73 Å². The summed E-state index contributed by atoms with van der Waals surface area (Å²) in [6.45, 7) is 2.34. The Morgan fingerprint density at radius 2 is 2.19 bits per heavy atom. The van der Waals surface area contributed by atoms with Gasteiger partial charge in [0, 0.05) is 24.2 Å². The van der Waals surface area contributed by atoms with E-state index in [4.69, 9.17) is 10.5 Å². The highest BCUT2D eigenvalue weighted by Crippen LogP contribution is 2.20. The Morgan fingerprint density at radius 1 is 1.48 bits per heavy atom. The van der Waals surface area contributed by atoms with Crippen LogP contribution in [-0.4, -0.2) is 43.6 Å². The molecule has 1 saturated heterocycles. The van der Waals surface area contributed by atoms with Crippen molar-refractivity contribution in [3.05, 3.63) is 29.6 Å². The fourth-order valence-electron chi connectivity index (χ4n) is 2.69. The minimum absolute atomic E-state index is 0.149. The number of carbonyl (C=O) groups is 1. The second-order valence-electron chi connectivity index (χ2n) is 5.31. The molecule has 2 rings (SSSR count). The summed E-state index contributed by atoms with van der Waals surface area (Å²) in [5.74, 6) is -0.222. The second-order valence-corrected chi connectivity index (χ2v) is 5.31. The van der Waals surface area contributed by atoms with E-state index in [0.717, 1.165) is 25.9 Å². The van der Waals surface area contributed by atoms with Gasteiger partial charge in [0.1, 0.15) is 11.6 Å². The standard InChI is InChI=1S/C15H22FN3O2/c1-21-13-3-2-11(14(16)8-13)9-19(10-15(17)20)12-4-6-18-7-5-12/h2-3,8,12,18H,4-7,9-10H2,1H3,(H2,17,20). The molecule has 0 bridgehead atoms. The van der Waals surface area contributed by atoms with Crippen molar-refractivity contribution in [2.75, 3.05) is 26.7 Å². The van der Waals surface area contributed by atoms with Crippen LogP contribution in [0.25, 0.3) is 0 Å². The number of hydrogen-bond acceptors (Lipinski definition) is 4. The average Bonchev–Trinajstić information content (AvgIpc) is 2.49. The molecule has 1 amide bonds. The van der Waals surface area contributed by atoms with Gasteiger partial charge in [-0.1, -0.05) is 6.07 Å². The molecule has 0 unspecified atom stereocenters. The summed E-state index contributed by atoms with van der Waals surface area (Å²) in [4.78, 5) is 13.2. The lowest BCUT2D eigenvalue weighted by molar-refractivity contribution is -0.120. The van der Waals surface area contributed by atoms with E-state index in [0.29, 0.717) is 17.9 Å². The number of nitrogens with zero attached hydrogens (tertiary/aromatic N) is 1. The SMILES string of the molecule is COc1ccc(CN(CC(N)=O)C2CCNCC2)c(F)c1. The maximum Gasteiger partial charge on any atom is 0.231 e. The molecule has 0 saturated carbocycles. The van der Waals surface area contributed by atoms with Crippen molar-refractivity contribution < 1.29 is 13.9 Å². The van der Waals surface area contributed by atoms with Crippen LogP contribution in [0.4, 0.5) is 4.39 Å². The van der Waals surface area contributed by atoms with E-state index in [9.17, 15) is 9.18 Å². The van der Waals surface area contributed by atoms with E-state index >= 15 is 0 Å². The van der Waals surface area contributed by atoms with Gasteiger partial charge < -0.3 is 15.8 Å². The van der Waals surface area contributed by atoms with Crippen LogP contribution in [0.3, 0.4) is 0 Å². The number of nitrogens with one attached hydrogen (secondary N) is 1. The fraction of sp³-hybridized carbons (Fsp3) is 0.533. The lowest BCUT2D eigenvalue weighted by atomic mass is 10.0. The Labute approximate surface area is 124 Å². The molecule has 0 spiro atoms. The number of halogens is 1. The van der Waals surface area contributed by atoms with Gasteiger partial charge in [-0.2, -0.15) is 0 Å². The molecule has 3 N–H and O–H groups in total. The van der Waals surface area contributed by atoms with Gasteiger partial charge in [0.25, 0.3) is 0 Å². The summed E-state index contributed by atoms with van der Waals surface area (Å²) in [6, 6.07) is 5.03. The zero-order valence-corrected chi connectivity index (χ0v) is 12.3. The van der Waals surface area contributed by atoms with Crippen LogP contribution in [0, 0.1) is 5.82 Å². The van der Waals surface area contributed by atoms with Crippen molar-refractivity contribution in [1.29, 1.82) is 0 Å². The molecule has 1 aliphatic heterocycles. The molecule has 0 aliphatic carbocycles. The van der Waals surface area contributed by atoms with Crippen molar-refractivity contribution in [2.45, 2.75) is 25.4 Å². The summed E-state index contributed by atoms with van der Waals surface area (Å²) in [6.07, 6.45) is 1.87. The molecular weight excluding hydrogens is 273 g/mol. The number of ether oxygens (including phenoxy) is 1. The van der Waals surface area contributed by atoms with E-state index in [-0.39, 0.29) is 24.3 Å². The highest BCUT2D eigenvalue weighted by atomic mass is 19.1. The van der Waals surface area contributed by atoms with Gasteiger partial charge in [-0.25, -0.2) is 4.39 Å². The summed E-state index contributed by atoms with van der Waals surface area (Å²) in [5, 5.41) is 3.28. The normalized spacial score (nSPS) is 16.1. The highest BCUT2D eigenvalue weighted by molar-refractivity contribution is 5.76. The van der Waals surface area contributed by atoms with Crippen LogP contribution in [0.1, 0.15) is 18.4 Å². The molecule has 5 nitrogen and oxygen atoms in total. The van der Waals surface area contributed by atoms with E-state index in [1.54, 1.807) is 12.1 Å². The predicted molar refractivity (Wildman–Crippen MR) is 78.4 cm³/mol. The lowest BCUT2D eigenvalue weighted by Gasteiger charge is -2.34. The smallest absolute Gasteiger partial charge is 0.231 e. The Kier molecular flexibility index (Phi) is 5.52. The number of rotatable bonds is 6. The molecule has 116 valence electrons. The second kappa shape index (κ2) is 7.38. The summed E-state index contributed by atoms with van der Waals surface area (Å²) in [7, 11) is 1.50. The minimum atomic E-state index is -0.387. The number of primary amides is 1. The van der Waals surface area contributed by atoms with Crippen LogP contribution in [0.15, 0.2) is 18.2 Å². The van der Waals surface area contributed by atoms with Crippen LogP contribution in [-0.2, 0) is 11.3 Å². The van der Waals surface area contributed by atoms with Crippen molar-refractivity contribution in [3.63, 3.8) is 0 Å². The number of methoxy groups -OCH3 is 1. The first-order valence-corrected chi connectivity index (χ1v) is 7.15. The monoisotopic (exact) mass is 295 g/mol. The van der Waals surface area contributed by atoms with E-state index in [1.807, 2.05) is 4.90 Å². The molecule has 1 aromatic carbocycles. The summed E-state index contributed by atoms with van der Waals surface area (Å²) < 4.78 is 19.1. The summed E-state index contributed by atoms with van der Waals surface area (Å²) >= 11 is 0. The average molecular weight is 295 g/mol. The zero-order chi connectivity index (χ0) is 15.2. The molecule has 1 aromatic rings. The Bertz CT molecular complexity index is 490. The van der Waals surface area contributed by atoms with Gasteiger partial charge in [0.05, 0.1) is 13.7 Å². The van der Waals surface area contributed by atoms with Gasteiger partial charge in [-0.15, -0.1) is 0 Å². The number of nitrogens with two attached hydrogens (primary N) is 1. The number of hydrogen-bond donors (Lipinski definition) is 2. The zero-order valence-electron chi connectivity index (χ0n) is 12.3. The lowest BCUT2D eigenvalue weighted by Crippen LogP contribution is -2.46. The third kappa shape index (κ3) is 4.41. The largest absolute Gasteiger partial charge is 0.497 e. The number of benzene rings is 1. The predicted octanol–water partition coefficient (Wildman–Crippen LogP) is 0.874. The van der Waals surface area contributed by atoms with Gasteiger partial charge >= 0.3 is 0 Å². The van der Waals surface area contributed by atoms with Gasteiger partial charge in [0.15, 0.2) is 0 Å². The molecule has 1 fully saturated rings. The molecular formula is C15H22FN3O2. The Morgan fingerprint density at radius 3 is 2.76 bits per heavy atom. The minimum Gasteiger partial charge on any atom is -0.497 e. The maximum atomic E-state index is 14.1. The van der Waals surface area contributed by atoms with Crippen molar-refractivity contribution in [1.82, 2.24) is 10.2 Å². The molecule has 6 heteroatoms. The van der Waals surface area contributed by atoms with E-state index in [1.165, 1.54) is 13.2 Å². The third-order valence-electron chi connectivity index (χ3n) is 3.82. The van der Waals surface area contributed by atoms with Crippen LogP contribution in [0.5, 0.6) is 5.75 Å². The maximum absolute atomic E-state index is 14.1. The number of amides is 1. The van der Waals surface area contributed by atoms with Crippen LogP contribution < -0.4 is 15.8 Å². The fourth-order valence-corrected chi connectivity index (χ4v) is 2.69. The Balaban J connectivity index is 2.11. The highest BCUT2D eigenvalue weighted by Gasteiger charge is 2.23. The molecule has 0 atom stereocenters. The molecule has 0 aromatic heterocycles. The van der Waals surface area contributed by atoms with Crippen LogP contribution >= 0.6 is 0 Å². The number of carbonyl (C=O) groups excluding carboxylic acids is 1. The van der Waals surface area contributed by atoms with Crippen molar-refractivity contribution in [3.8, 4) is 5.75 Å². The third-order valence-corrected chi connectivity index (χ3v) is 3.82. The van der Waals surface area contributed by atoms with E-state index < -0.39 is 0 Å². The topological polar surface area (TPSA) is 67.6 Å². The van der Waals surface area contributed by atoms with Crippen molar-refractivity contribution >= 4 is 5.91 Å². The molecule has 0 radical (unpaired) electrons. The molecule has 1 aliphatic rings. The Hall–Kier alpha value is -1.66. The quantitative estimate of drug-likeness (QED) is 0.817. The molecule has 21 heavy (non-hydrogen) atoms. The van der Waals surface area contributed by atoms with Gasteiger partial charge in [0.2, 0.25) is 5.91 Å². The first-order chi connectivity index (χ1) is 10.1. The van der Waals surface area contributed by atoms with Crippen LogP contribution in [0.2, 0.25) is 0 Å². The number of piperidine rings is 1. The first kappa shape index (κ1) is 15.7. The summed E-state index contributed by atoms with van der Waals surface area (Å²) in [5.41, 5.74) is 5.88.